The van der Waals surface area contributed by atoms with Crippen LogP contribution in [0.15, 0.2) is 91.0 Å². The average Bonchev–Trinajstić information content (AvgIpc) is 2.74. The summed E-state index contributed by atoms with van der Waals surface area (Å²) in [6.45, 7) is 0. The van der Waals surface area contributed by atoms with E-state index in [1.54, 1.807) is 0 Å². The summed E-state index contributed by atoms with van der Waals surface area (Å²) in [6.07, 6.45) is 0. The van der Waals surface area contributed by atoms with Gasteiger partial charge in [-0.1, -0.05) is 126 Å². The minimum atomic E-state index is -2.88. The summed E-state index contributed by atoms with van der Waals surface area (Å²) in [5.74, 6) is 0. The third kappa shape index (κ3) is 14.5. The van der Waals surface area contributed by atoms with E-state index in [0.29, 0.717) is 0 Å². The molecule has 3 rings (SSSR count). The molecule has 0 heterocycles. The zero-order valence-electron chi connectivity index (χ0n) is 17.2. The third-order valence-electron chi connectivity index (χ3n) is 3.57. The van der Waals surface area contributed by atoms with Crippen LogP contribution >= 0.6 is 34.8 Å². The van der Waals surface area contributed by atoms with Crippen molar-refractivity contribution in [2.45, 2.75) is 0 Å². The van der Waals surface area contributed by atoms with E-state index in [1.165, 1.54) is 0 Å². The van der Waals surface area contributed by atoms with Crippen molar-refractivity contribution in [3.63, 3.8) is 0 Å². The van der Waals surface area contributed by atoms with Gasteiger partial charge in [-0.05, 0) is 15.6 Å². The third-order valence-corrected chi connectivity index (χ3v) is 7.08. The Kier molecular flexibility index (Phi) is 18.2. The number of amides is 3. The van der Waals surface area contributed by atoms with Crippen LogP contribution in [0.4, 0.5) is 14.4 Å². The molecule has 0 aliphatic heterocycles. The monoisotopic (exact) mass is 574 g/mol. The molecule has 3 amide bonds. The predicted octanol–water partition coefficient (Wildman–Crippen LogP) is 5.84. The van der Waals surface area contributed by atoms with Crippen molar-refractivity contribution in [1.82, 2.24) is 0 Å². The first-order valence-electron chi connectivity index (χ1n) is 8.63. The standard InChI is InChI=1S/C18H16OSi.3CH2ClNO.Zn/c19-20(16-10-4-1-5-11-16,17-12-6-2-7-13-17)18-14-8-3-9-15-18;3*2-1(3)4;/h1-15,19H;3*(H2,3,4);/p-3. The van der Waals surface area contributed by atoms with Crippen LogP contribution in [0.5, 0.6) is 0 Å². The van der Waals surface area contributed by atoms with E-state index in [9.17, 15) is 4.80 Å². The van der Waals surface area contributed by atoms with Crippen LogP contribution in [-0.2, 0) is 19.5 Å². The molecular weight excluding hydrogens is 558 g/mol. The molecule has 3 aromatic carbocycles. The average molecular weight is 577 g/mol. The molecule has 0 saturated carbocycles. The van der Waals surface area contributed by atoms with E-state index in [0.717, 1.165) is 15.6 Å². The van der Waals surface area contributed by atoms with Gasteiger partial charge in [0.1, 0.15) is 16.1 Å². The Hall–Kier alpha value is -2.26. The number of halogens is 3. The second-order valence-corrected chi connectivity index (χ2v) is 9.81. The normalized spacial score (nSPS) is 9.09. The topological polar surface area (TPSA) is 143 Å². The smallest absolute Gasteiger partial charge is 0.285 e. The van der Waals surface area contributed by atoms with Crippen LogP contribution < -0.4 is 15.6 Å². The first kappa shape index (κ1) is 32.9. The summed E-state index contributed by atoms with van der Waals surface area (Å²) < 4.78 is 0. The summed E-state index contributed by atoms with van der Waals surface area (Å²) in [5.41, 5.74) is 17.1. The second kappa shape index (κ2) is 18.2. The van der Waals surface area contributed by atoms with E-state index < -0.39 is 24.4 Å². The number of hydrogen-bond donors (Lipinski definition) is 1. The molecule has 4 N–H and O–H groups in total. The zero-order chi connectivity index (χ0) is 24.6. The number of rotatable bonds is 3. The summed E-state index contributed by atoms with van der Waals surface area (Å²) in [6, 6.07) is 30.0. The van der Waals surface area contributed by atoms with Gasteiger partial charge in [-0.2, -0.15) is 0 Å². The molecule has 3 aromatic rings. The molecule has 0 aliphatic rings. The van der Waals surface area contributed by atoms with Gasteiger partial charge in [0, 0.05) is 19.5 Å². The van der Waals surface area contributed by atoms with Crippen LogP contribution in [0.3, 0.4) is 0 Å². The van der Waals surface area contributed by atoms with E-state index in [2.05, 4.69) is 34.8 Å². The van der Waals surface area contributed by atoms with Gasteiger partial charge in [0.2, 0.25) is 0 Å². The number of carbonyl (C=O) groups is 3. The Balaban J connectivity index is 0. The molecule has 0 unspecified atom stereocenters. The van der Waals surface area contributed by atoms with Crippen molar-refractivity contribution >= 4 is 74.8 Å². The summed E-state index contributed by atoms with van der Waals surface area (Å²) in [7, 11) is -2.88. The van der Waals surface area contributed by atoms with E-state index in [-0.39, 0.29) is 19.5 Å². The van der Waals surface area contributed by atoms with Gasteiger partial charge < -0.3 is 36.4 Å². The van der Waals surface area contributed by atoms with Crippen molar-refractivity contribution in [2.75, 3.05) is 0 Å². The molecule has 0 radical (unpaired) electrons. The van der Waals surface area contributed by atoms with Gasteiger partial charge >= 0.3 is 0 Å². The van der Waals surface area contributed by atoms with Gasteiger partial charge in [-0.3, -0.25) is 0 Å². The van der Waals surface area contributed by atoms with Crippen molar-refractivity contribution in [2.24, 2.45) is 0 Å². The van der Waals surface area contributed by atoms with Crippen LogP contribution in [0.2, 0.25) is 0 Å². The molecule has 0 atom stereocenters. The molecule has 0 aromatic heterocycles. The number of nitrogens with one attached hydrogen (secondary N) is 3. The van der Waals surface area contributed by atoms with Gasteiger partial charge in [0.25, 0.3) is 8.32 Å². The Bertz CT molecular complexity index is 835. The van der Waals surface area contributed by atoms with Gasteiger partial charge in [-0.15, -0.1) is 0 Å². The largest absolute Gasteiger partial charge is 0.654 e. The molecule has 0 spiro atoms. The molecule has 33 heavy (non-hydrogen) atoms. The van der Waals surface area contributed by atoms with Crippen LogP contribution in [0, 0.1) is 0 Å². The number of benzene rings is 3. The minimum absolute atomic E-state index is 0. The minimum Gasteiger partial charge on any atom is -0.654 e. The summed E-state index contributed by atoms with van der Waals surface area (Å²) in [5, 5.41) is -0.299. The Labute approximate surface area is 220 Å². The van der Waals surface area contributed by atoms with Gasteiger partial charge in [-0.25, -0.2) is 0 Å². The molecule has 0 bridgehead atoms. The van der Waals surface area contributed by atoms with Crippen LogP contribution in [0.1, 0.15) is 0 Å². The molecule has 0 fully saturated rings. The number of carbonyl (C=O) groups excluding carboxylic acids is 3. The van der Waals surface area contributed by atoms with E-state index in [4.69, 9.17) is 31.6 Å². The van der Waals surface area contributed by atoms with Gasteiger partial charge in [0.15, 0.2) is 0 Å². The maximum Gasteiger partial charge on any atom is 0.285 e. The fourth-order valence-corrected chi connectivity index (χ4v) is 5.56. The SMILES string of the molecule is O[Si](c1ccccc1)(c1ccccc1)c1ccccc1.[NH-]C(=O)Cl.[NH-]C(=O)Cl.[NH-]C(=O)Cl.[Zn]. The maximum absolute atomic E-state index is 11.6. The van der Waals surface area contributed by atoms with E-state index in [1.807, 2.05) is 91.0 Å². The molecule has 0 saturated heterocycles. The maximum atomic E-state index is 11.6. The van der Waals surface area contributed by atoms with Crippen molar-refractivity contribution in [3.8, 4) is 0 Å². The molecule has 7 nitrogen and oxygen atoms in total. The fourth-order valence-electron chi connectivity index (χ4n) is 2.54. The molecule has 12 heteroatoms. The fraction of sp³-hybridized carbons (Fsp3) is 0. The predicted molar refractivity (Wildman–Crippen MR) is 133 cm³/mol. The number of hydrogen-bond acceptors (Lipinski definition) is 4. The van der Waals surface area contributed by atoms with E-state index >= 15 is 0 Å². The van der Waals surface area contributed by atoms with Crippen LogP contribution in [0.25, 0.3) is 17.2 Å². The van der Waals surface area contributed by atoms with Crippen molar-refractivity contribution in [1.29, 1.82) is 0 Å². The Morgan fingerprint density at radius 3 is 0.848 bits per heavy atom. The first-order chi connectivity index (χ1) is 15.0. The summed E-state index contributed by atoms with van der Waals surface area (Å²) in [4.78, 5) is 38.2. The van der Waals surface area contributed by atoms with Crippen molar-refractivity contribution < 1.29 is 38.7 Å². The Morgan fingerprint density at radius 1 is 0.545 bits per heavy atom. The van der Waals surface area contributed by atoms with Crippen LogP contribution in [-0.4, -0.2) is 29.2 Å². The molecular formula is C21H19Cl3N3O4SiZn-3. The molecule has 172 valence electrons. The van der Waals surface area contributed by atoms with Gasteiger partial charge in [0.05, 0.1) is 0 Å². The van der Waals surface area contributed by atoms with Crippen molar-refractivity contribution in [3.05, 3.63) is 108 Å². The second-order valence-electron chi connectivity index (χ2n) is 5.63. The summed E-state index contributed by atoms with van der Waals surface area (Å²) >= 11 is 12.9. The zero-order valence-corrected chi connectivity index (χ0v) is 23.4. The Morgan fingerprint density at radius 2 is 0.697 bits per heavy atom. The molecule has 0 aliphatic carbocycles. The first-order valence-corrected chi connectivity index (χ1v) is 11.7. The quantitative estimate of drug-likeness (QED) is 0.181.